The predicted molar refractivity (Wildman–Crippen MR) is 75.6 cm³/mol. The molecule has 0 saturated heterocycles. The first-order valence-electron chi connectivity index (χ1n) is 5.85. The minimum absolute atomic E-state index is 0.00987. The summed E-state index contributed by atoms with van der Waals surface area (Å²) in [4.78, 5) is 10.6. The molecule has 0 aliphatic heterocycles. The number of para-hydroxylation sites is 2. The molecule has 2 N–H and O–H groups in total. The van der Waals surface area contributed by atoms with Gasteiger partial charge in [0.25, 0.3) is 5.69 Å². The van der Waals surface area contributed by atoms with Crippen molar-refractivity contribution in [2.24, 2.45) is 0 Å². The molecule has 0 aliphatic rings. The second-order valence-electron chi connectivity index (χ2n) is 3.91. The lowest BCUT2D eigenvalue weighted by Crippen LogP contribution is -2.04. The molecule has 100 valence electrons. The molecule has 0 fully saturated rings. The molecule has 7 heteroatoms. The van der Waals surface area contributed by atoms with Gasteiger partial charge in [0.2, 0.25) is 0 Å². The maximum absolute atomic E-state index is 11.0. The summed E-state index contributed by atoms with van der Waals surface area (Å²) in [6, 6.07) is 8.15. The van der Waals surface area contributed by atoms with Crippen LogP contribution in [0.4, 0.5) is 11.5 Å². The van der Waals surface area contributed by atoms with Gasteiger partial charge >= 0.3 is 0 Å². The average molecular weight is 278 g/mol. The topological polar surface area (TPSA) is 87.0 Å². The van der Waals surface area contributed by atoms with Crippen LogP contribution >= 0.6 is 11.8 Å². The summed E-state index contributed by atoms with van der Waals surface area (Å²) in [5, 5.41) is 16.1. The number of aromatic nitrogens is 2. The minimum atomic E-state index is -0.435. The van der Waals surface area contributed by atoms with Gasteiger partial charge in [-0.05, 0) is 18.2 Å². The normalized spacial score (nSPS) is 10.6. The molecule has 1 aromatic heterocycles. The number of nitro benzene ring substituents is 1. The summed E-state index contributed by atoms with van der Waals surface area (Å²) in [6.45, 7) is 2.08. The molecule has 1 heterocycles. The van der Waals surface area contributed by atoms with Crippen LogP contribution in [0.15, 0.2) is 35.4 Å². The molecule has 1 aromatic carbocycles. The molecule has 0 amide bonds. The molecule has 6 nitrogen and oxygen atoms in total. The zero-order valence-corrected chi connectivity index (χ0v) is 11.3. The van der Waals surface area contributed by atoms with Gasteiger partial charge in [-0.25, -0.2) is 4.68 Å². The first-order chi connectivity index (χ1) is 9.13. The van der Waals surface area contributed by atoms with E-state index in [1.165, 1.54) is 10.7 Å². The van der Waals surface area contributed by atoms with Crippen LogP contribution in [0.1, 0.15) is 13.3 Å². The number of nitrogen functional groups attached to an aromatic ring is 1. The number of nitrogens with two attached hydrogens (primary N) is 1. The summed E-state index contributed by atoms with van der Waals surface area (Å²) in [7, 11) is 0. The van der Waals surface area contributed by atoms with E-state index >= 15 is 0 Å². The number of hydrogen-bond acceptors (Lipinski definition) is 5. The third-order valence-electron chi connectivity index (χ3n) is 2.48. The lowest BCUT2D eigenvalue weighted by atomic mass is 10.3. The minimum Gasteiger partial charge on any atom is -0.384 e. The van der Waals surface area contributed by atoms with E-state index in [0.717, 1.165) is 17.2 Å². The van der Waals surface area contributed by atoms with Gasteiger partial charge in [0.05, 0.1) is 4.92 Å². The number of anilines is 1. The summed E-state index contributed by atoms with van der Waals surface area (Å²) in [6.07, 6.45) is 1.03. The van der Waals surface area contributed by atoms with Gasteiger partial charge in [-0.1, -0.05) is 19.1 Å². The molecule has 0 saturated carbocycles. The monoisotopic (exact) mass is 278 g/mol. The Hall–Kier alpha value is -2.02. The van der Waals surface area contributed by atoms with Crippen molar-refractivity contribution in [3.05, 3.63) is 40.4 Å². The number of nitro groups is 1. The van der Waals surface area contributed by atoms with E-state index in [4.69, 9.17) is 5.73 Å². The lowest BCUT2D eigenvalue weighted by molar-refractivity contribution is -0.384. The average Bonchev–Trinajstić information content (AvgIpc) is 2.77. The second-order valence-corrected chi connectivity index (χ2v) is 5.03. The number of rotatable bonds is 5. The van der Waals surface area contributed by atoms with Crippen molar-refractivity contribution in [3.8, 4) is 5.69 Å². The lowest BCUT2D eigenvalue weighted by Gasteiger charge is -2.04. The van der Waals surface area contributed by atoms with Crippen molar-refractivity contribution in [2.45, 2.75) is 18.4 Å². The molecule has 19 heavy (non-hydrogen) atoms. The first-order valence-corrected chi connectivity index (χ1v) is 6.84. The van der Waals surface area contributed by atoms with E-state index < -0.39 is 4.92 Å². The molecule has 0 spiro atoms. The van der Waals surface area contributed by atoms with Crippen molar-refractivity contribution in [2.75, 3.05) is 11.5 Å². The van der Waals surface area contributed by atoms with Crippen molar-refractivity contribution in [1.29, 1.82) is 0 Å². The summed E-state index contributed by atoms with van der Waals surface area (Å²) in [5.41, 5.74) is 6.25. The van der Waals surface area contributed by atoms with Crippen LogP contribution in [0.5, 0.6) is 0 Å². The molecular weight excluding hydrogens is 264 g/mol. The van der Waals surface area contributed by atoms with Crippen LogP contribution in [0, 0.1) is 10.1 Å². The van der Waals surface area contributed by atoms with Crippen LogP contribution in [0.25, 0.3) is 5.69 Å². The van der Waals surface area contributed by atoms with Crippen LogP contribution in [0.3, 0.4) is 0 Å². The van der Waals surface area contributed by atoms with Gasteiger partial charge in [-0.15, -0.1) is 11.8 Å². The van der Waals surface area contributed by atoms with Crippen molar-refractivity contribution in [1.82, 2.24) is 9.78 Å². The van der Waals surface area contributed by atoms with Crippen molar-refractivity contribution in [3.63, 3.8) is 0 Å². The SMILES string of the molecule is CCCSc1cc(N)n(-c2ccccc2[N+](=O)[O-])n1. The van der Waals surface area contributed by atoms with Crippen LogP contribution in [-0.2, 0) is 0 Å². The highest BCUT2D eigenvalue weighted by atomic mass is 32.2. The smallest absolute Gasteiger partial charge is 0.294 e. The second kappa shape index (κ2) is 5.75. The number of hydrogen-bond donors (Lipinski definition) is 1. The zero-order valence-electron chi connectivity index (χ0n) is 10.4. The van der Waals surface area contributed by atoms with Crippen LogP contribution < -0.4 is 5.73 Å². The highest BCUT2D eigenvalue weighted by Gasteiger charge is 2.17. The Morgan fingerprint density at radius 2 is 2.21 bits per heavy atom. The molecule has 0 radical (unpaired) electrons. The van der Waals surface area contributed by atoms with Crippen molar-refractivity contribution >= 4 is 23.3 Å². The summed E-state index contributed by atoms with van der Waals surface area (Å²) < 4.78 is 1.41. The standard InChI is InChI=1S/C12H14N4O2S/c1-2-7-19-12-8-11(13)15(14-12)9-5-3-4-6-10(9)16(17)18/h3-6,8H,2,7,13H2,1H3. The van der Waals surface area contributed by atoms with E-state index in [1.54, 1.807) is 36.0 Å². The van der Waals surface area contributed by atoms with E-state index in [2.05, 4.69) is 12.0 Å². The summed E-state index contributed by atoms with van der Waals surface area (Å²) >= 11 is 1.58. The maximum atomic E-state index is 11.0. The van der Waals surface area contributed by atoms with Gasteiger partial charge in [0, 0.05) is 12.1 Å². The Morgan fingerprint density at radius 3 is 2.89 bits per heavy atom. The van der Waals surface area contributed by atoms with Gasteiger partial charge in [-0.2, -0.15) is 5.10 Å². The number of thioether (sulfide) groups is 1. The molecule has 0 atom stereocenters. The first kappa shape index (κ1) is 13.4. The van der Waals surface area contributed by atoms with E-state index in [0.29, 0.717) is 11.5 Å². The van der Waals surface area contributed by atoms with Crippen molar-refractivity contribution < 1.29 is 4.92 Å². The number of benzene rings is 1. The Kier molecular flexibility index (Phi) is 4.06. The van der Waals surface area contributed by atoms with E-state index in [-0.39, 0.29) is 5.69 Å². The van der Waals surface area contributed by atoms with Crippen LogP contribution in [0.2, 0.25) is 0 Å². The highest BCUT2D eigenvalue weighted by molar-refractivity contribution is 7.99. The van der Waals surface area contributed by atoms with Gasteiger partial charge in [-0.3, -0.25) is 10.1 Å². The molecular formula is C12H14N4O2S. The summed E-state index contributed by atoms with van der Waals surface area (Å²) in [5.74, 6) is 1.33. The fraction of sp³-hybridized carbons (Fsp3) is 0.250. The molecule has 0 unspecified atom stereocenters. The largest absolute Gasteiger partial charge is 0.384 e. The van der Waals surface area contributed by atoms with Gasteiger partial charge in [0.1, 0.15) is 16.5 Å². The fourth-order valence-electron chi connectivity index (χ4n) is 1.64. The van der Waals surface area contributed by atoms with E-state index in [1.807, 2.05) is 0 Å². The Morgan fingerprint density at radius 1 is 1.47 bits per heavy atom. The molecule has 0 bridgehead atoms. The number of nitrogens with zero attached hydrogens (tertiary/aromatic N) is 3. The third kappa shape index (κ3) is 2.87. The predicted octanol–water partition coefficient (Wildman–Crippen LogP) is 2.86. The van der Waals surface area contributed by atoms with Gasteiger partial charge in [0.15, 0.2) is 0 Å². The Labute approximate surface area is 114 Å². The highest BCUT2D eigenvalue weighted by Crippen LogP contribution is 2.27. The third-order valence-corrected chi connectivity index (χ3v) is 3.58. The van der Waals surface area contributed by atoms with E-state index in [9.17, 15) is 10.1 Å². The quantitative estimate of drug-likeness (QED) is 0.516. The van der Waals surface area contributed by atoms with Gasteiger partial charge < -0.3 is 5.73 Å². The molecule has 2 aromatic rings. The maximum Gasteiger partial charge on any atom is 0.294 e. The Balaban J connectivity index is 2.42. The van der Waals surface area contributed by atoms with Crippen LogP contribution in [-0.4, -0.2) is 20.5 Å². The zero-order chi connectivity index (χ0) is 13.8. The Bertz CT molecular complexity index is 597. The fourth-order valence-corrected chi connectivity index (χ4v) is 2.40. The molecule has 2 rings (SSSR count). The molecule has 0 aliphatic carbocycles.